The number of carbonyl (C=O) groups is 1. The predicted octanol–water partition coefficient (Wildman–Crippen LogP) is 2.73. The van der Waals surface area contributed by atoms with Crippen molar-refractivity contribution in [3.63, 3.8) is 0 Å². The van der Waals surface area contributed by atoms with E-state index in [0.29, 0.717) is 24.2 Å². The van der Waals surface area contributed by atoms with Gasteiger partial charge in [0.1, 0.15) is 12.4 Å². The predicted molar refractivity (Wildman–Crippen MR) is 56.6 cm³/mol. The van der Waals surface area contributed by atoms with Gasteiger partial charge in [-0.05, 0) is 30.2 Å². The van der Waals surface area contributed by atoms with Gasteiger partial charge in [0.15, 0.2) is 5.78 Å². The quantitative estimate of drug-likeness (QED) is 0.781. The molecule has 0 heterocycles. The largest absolute Gasteiger partial charge is 0.522 e. The van der Waals surface area contributed by atoms with Crippen molar-refractivity contribution < 1.29 is 27.4 Å². The number of fused-ring (bicyclic) bond motifs is 1. The fourth-order valence-corrected chi connectivity index (χ4v) is 1.84. The number of halogens is 3. The van der Waals surface area contributed by atoms with E-state index < -0.39 is 13.0 Å². The molecule has 0 N–H and O–H groups in total. The van der Waals surface area contributed by atoms with Gasteiger partial charge in [-0.3, -0.25) is 9.53 Å². The summed E-state index contributed by atoms with van der Waals surface area (Å²) in [5, 5.41) is 0. The molecule has 1 aromatic rings. The fraction of sp³-hybridized carbons (Fsp3) is 0.417. The lowest BCUT2D eigenvalue weighted by Crippen LogP contribution is -2.18. The molecule has 0 amide bonds. The standard InChI is InChI=1S/C12H11F3O3/c13-12(14,15)18-6-5-17-9-2-3-10-8(7-9)1-4-11(10)16/h2-3,7H,1,4-6H2. The monoisotopic (exact) mass is 260 g/mol. The summed E-state index contributed by atoms with van der Waals surface area (Å²) >= 11 is 0. The molecule has 1 aromatic carbocycles. The van der Waals surface area contributed by atoms with Crippen molar-refractivity contribution in [2.45, 2.75) is 19.2 Å². The van der Waals surface area contributed by atoms with Gasteiger partial charge in [0.05, 0.1) is 6.61 Å². The average Bonchev–Trinajstić information content (AvgIpc) is 2.65. The van der Waals surface area contributed by atoms with E-state index in [2.05, 4.69) is 4.74 Å². The van der Waals surface area contributed by atoms with Crippen LogP contribution in [0.25, 0.3) is 0 Å². The number of benzene rings is 1. The molecule has 0 spiro atoms. The first-order chi connectivity index (χ1) is 8.46. The zero-order valence-electron chi connectivity index (χ0n) is 9.42. The van der Waals surface area contributed by atoms with Crippen LogP contribution in [-0.4, -0.2) is 25.4 Å². The highest BCUT2D eigenvalue weighted by atomic mass is 19.4. The molecule has 0 atom stereocenters. The summed E-state index contributed by atoms with van der Waals surface area (Å²) in [5.74, 6) is 0.547. The SMILES string of the molecule is O=C1CCc2cc(OCCOC(F)(F)F)ccc21. The third-order valence-electron chi connectivity index (χ3n) is 2.62. The number of hydrogen-bond acceptors (Lipinski definition) is 3. The fourth-order valence-electron chi connectivity index (χ4n) is 1.84. The van der Waals surface area contributed by atoms with E-state index in [4.69, 9.17) is 4.74 Å². The van der Waals surface area contributed by atoms with Gasteiger partial charge in [0, 0.05) is 12.0 Å². The maximum absolute atomic E-state index is 11.7. The summed E-state index contributed by atoms with van der Waals surface area (Å²) in [5.41, 5.74) is 1.56. The zero-order valence-corrected chi connectivity index (χ0v) is 9.42. The van der Waals surface area contributed by atoms with Gasteiger partial charge < -0.3 is 4.74 Å². The maximum Gasteiger partial charge on any atom is 0.522 e. The van der Waals surface area contributed by atoms with Crippen LogP contribution in [0.1, 0.15) is 22.3 Å². The highest BCUT2D eigenvalue weighted by molar-refractivity contribution is 6.00. The Labute approximate surface area is 102 Å². The van der Waals surface area contributed by atoms with Crippen molar-refractivity contribution in [2.75, 3.05) is 13.2 Å². The van der Waals surface area contributed by atoms with E-state index in [0.717, 1.165) is 5.56 Å². The molecule has 0 radical (unpaired) electrons. The Hall–Kier alpha value is -1.56. The lowest BCUT2D eigenvalue weighted by molar-refractivity contribution is -0.325. The zero-order chi connectivity index (χ0) is 13.2. The lowest BCUT2D eigenvalue weighted by Gasteiger charge is -2.09. The second-order valence-electron chi connectivity index (χ2n) is 3.88. The summed E-state index contributed by atoms with van der Waals surface area (Å²) in [6.07, 6.45) is -3.49. The number of rotatable bonds is 4. The van der Waals surface area contributed by atoms with Gasteiger partial charge >= 0.3 is 6.36 Å². The van der Waals surface area contributed by atoms with Crippen molar-refractivity contribution in [3.8, 4) is 5.75 Å². The number of aryl methyl sites for hydroxylation is 1. The van der Waals surface area contributed by atoms with Crippen LogP contribution in [0.5, 0.6) is 5.75 Å². The second kappa shape index (κ2) is 4.97. The number of hydrogen-bond donors (Lipinski definition) is 0. The molecule has 1 aliphatic rings. The minimum absolute atomic E-state index is 0.0944. The smallest absolute Gasteiger partial charge is 0.491 e. The van der Waals surface area contributed by atoms with Crippen LogP contribution in [0.4, 0.5) is 13.2 Å². The number of alkyl halides is 3. The molecule has 0 bridgehead atoms. The molecule has 98 valence electrons. The molecule has 0 saturated heterocycles. The molecule has 6 heteroatoms. The number of ketones is 1. The normalized spacial score (nSPS) is 14.7. The molecule has 1 aliphatic carbocycles. The first-order valence-electron chi connectivity index (χ1n) is 5.45. The molecule has 0 saturated carbocycles. The molecule has 0 fully saturated rings. The minimum atomic E-state index is -4.63. The van der Waals surface area contributed by atoms with Crippen molar-refractivity contribution >= 4 is 5.78 Å². The van der Waals surface area contributed by atoms with Crippen LogP contribution in [-0.2, 0) is 11.2 Å². The first-order valence-corrected chi connectivity index (χ1v) is 5.45. The topological polar surface area (TPSA) is 35.5 Å². The second-order valence-corrected chi connectivity index (χ2v) is 3.88. The van der Waals surface area contributed by atoms with E-state index in [9.17, 15) is 18.0 Å². The summed E-state index contributed by atoms with van der Waals surface area (Å²) in [7, 11) is 0. The molecule has 0 aliphatic heterocycles. The highest BCUT2D eigenvalue weighted by Crippen LogP contribution is 2.26. The van der Waals surface area contributed by atoms with E-state index in [1.165, 1.54) is 0 Å². The molecule has 0 aromatic heterocycles. The first kappa shape index (κ1) is 12.9. The van der Waals surface area contributed by atoms with Crippen LogP contribution < -0.4 is 4.74 Å². The van der Waals surface area contributed by atoms with Crippen molar-refractivity contribution in [3.05, 3.63) is 29.3 Å². The third-order valence-corrected chi connectivity index (χ3v) is 2.62. The van der Waals surface area contributed by atoms with Crippen molar-refractivity contribution in [1.82, 2.24) is 0 Å². The summed E-state index contributed by atoms with van der Waals surface area (Å²) < 4.78 is 43.8. The van der Waals surface area contributed by atoms with E-state index in [1.807, 2.05) is 0 Å². The van der Waals surface area contributed by atoms with Gasteiger partial charge in [0.25, 0.3) is 0 Å². The van der Waals surface area contributed by atoms with Crippen LogP contribution in [0.2, 0.25) is 0 Å². The highest BCUT2D eigenvalue weighted by Gasteiger charge is 2.28. The third kappa shape index (κ3) is 3.22. The molecule has 2 rings (SSSR count). The Balaban J connectivity index is 1.86. The average molecular weight is 260 g/mol. The Bertz CT molecular complexity index is 454. The van der Waals surface area contributed by atoms with Gasteiger partial charge in [0.2, 0.25) is 0 Å². The molecule has 18 heavy (non-hydrogen) atoms. The van der Waals surface area contributed by atoms with Crippen LogP contribution >= 0.6 is 0 Å². The van der Waals surface area contributed by atoms with Gasteiger partial charge in [-0.2, -0.15) is 0 Å². The Kier molecular flexibility index (Phi) is 3.56. The van der Waals surface area contributed by atoms with E-state index >= 15 is 0 Å². The van der Waals surface area contributed by atoms with Gasteiger partial charge in [-0.15, -0.1) is 13.2 Å². The molecular weight excluding hydrogens is 249 g/mol. The molecular formula is C12H11F3O3. The Morgan fingerprint density at radius 1 is 1.17 bits per heavy atom. The number of ether oxygens (including phenoxy) is 2. The van der Waals surface area contributed by atoms with Crippen molar-refractivity contribution in [1.29, 1.82) is 0 Å². The van der Waals surface area contributed by atoms with Crippen LogP contribution in [0.15, 0.2) is 18.2 Å². The molecule has 0 unspecified atom stereocenters. The van der Waals surface area contributed by atoms with Gasteiger partial charge in [-0.25, -0.2) is 0 Å². The van der Waals surface area contributed by atoms with Gasteiger partial charge in [-0.1, -0.05) is 0 Å². The summed E-state index contributed by atoms with van der Waals surface area (Å²) in [6, 6.07) is 4.91. The van der Waals surface area contributed by atoms with E-state index in [1.54, 1.807) is 18.2 Å². The van der Waals surface area contributed by atoms with Crippen LogP contribution in [0.3, 0.4) is 0 Å². The summed E-state index contributed by atoms with van der Waals surface area (Å²) in [6.45, 7) is -0.744. The molecule has 3 nitrogen and oxygen atoms in total. The van der Waals surface area contributed by atoms with Crippen LogP contribution in [0, 0.1) is 0 Å². The minimum Gasteiger partial charge on any atom is -0.491 e. The van der Waals surface area contributed by atoms with Crippen molar-refractivity contribution in [2.24, 2.45) is 0 Å². The number of Topliss-reactive ketones (excluding diaryl/α,β-unsaturated/α-hetero) is 1. The Morgan fingerprint density at radius 2 is 1.94 bits per heavy atom. The summed E-state index contributed by atoms with van der Waals surface area (Å²) in [4.78, 5) is 11.4. The number of carbonyl (C=O) groups excluding carboxylic acids is 1. The van der Waals surface area contributed by atoms with E-state index in [-0.39, 0.29) is 12.4 Å². The maximum atomic E-state index is 11.7. The lowest BCUT2D eigenvalue weighted by atomic mass is 10.1. The Morgan fingerprint density at radius 3 is 2.67 bits per heavy atom.